The lowest BCUT2D eigenvalue weighted by molar-refractivity contribution is -0.118. The molecule has 0 saturated carbocycles. The van der Waals surface area contributed by atoms with E-state index in [1.165, 1.54) is 4.90 Å². The van der Waals surface area contributed by atoms with Gasteiger partial charge in [-0.05, 0) is 6.92 Å². The van der Waals surface area contributed by atoms with E-state index in [-0.39, 0.29) is 18.3 Å². The quantitative estimate of drug-likeness (QED) is 0.671. The van der Waals surface area contributed by atoms with Gasteiger partial charge in [0.2, 0.25) is 5.91 Å². The van der Waals surface area contributed by atoms with Gasteiger partial charge in [0.25, 0.3) is 5.91 Å². The molecule has 0 radical (unpaired) electrons. The highest BCUT2D eigenvalue weighted by molar-refractivity contribution is 7.18. The molecule has 0 saturated heterocycles. The lowest BCUT2D eigenvalue weighted by Crippen LogP contribution is -2.38. The van der Waals surface area contributed by atoms with E-state index in [1.54, 1.807) is 14.0 Å². The molecular formula is C9H15N5O2S. The third-order valence-electron chi connectivity index (χ3n) is 2.08. The number of hydrogen-bond acceptors (Lipinski definition) is 6. The second kappa shape index (κ2) is 5.48. The first kappa shape index (κ1) is 13.2. The van der Waals surface area contributed by atoms with Crippen molar-refractivity contribution in [3.63, 3.8) is 0 Å². The van der Waals surface area contributed by atoms with Crippen LogP contribution in [0.4, 0.5) is 10.9 Å². The van der Waals surface area contributed by atoms with Crippen LogP contribution >= 0.6 is 11.3 Å². The molecule has 1 aromatic rings. The molecule has 5 N–H and O–H groups in total. The number of nitrogens with one attached hydrogen (secondary N) is 1. The Morgan fingerprint density at radius 2 is 2.18 bits per heavy atom. The van der Waals surface area contributed by atoms with E-state index in [0.29, 0.717) is 16.6 Å². The molecule has 1 aromatic heterocycles. The standard InChI is InChI=1S/C9H15N5O2S/c1-3-14(4-5(10)15)8(16)6-7(11)13-9(12-2)17-6/h3-4,11H2,1-2H3,(H2,10,15)(H,12,13). The third kappa shape index (κ3) is 3.06. The summed E-state index contributed by atoms with van der Waals surface area (Å²) < 4.78 is 0. The van der Waals surface area contributed by atoms with Crippen molar-refractivity contribution in [3.8, 4) is 0 Å². The number of nitrogens with zero attached hydrogens (tertiary/aromatic N) is 2. The number of nitrogens with two attached hydrogens (primary N) is 2. The Morgan fingerprint density at radius 1 is 1.53 bits per heavy atom. The minimum absolute atomic E-state index is 0.123. The number of primary amides is 1. The summed E-state index contributed by atoms with van der Waals surface area (Å²) in [4.78, 5) is 28.5. The van der Waals surface area contributed by atoms with E-state index < -0.39 is 5.91 Å². The number of thiazole rings is 1. The largest absolute Gasteiger partial charge is 0.382 e. The maximum absolute atomic E-state index is 12.0. The Kier molecular flexibility index (Phi) is 4.27. The maximum Gasteiger partial charge on any atom is 0.268 e. The van der Waals surface area contributed by atoms with Crippen LogP contribution < -0.4 is 16.8 Å². The average molecular weight is 257 g/mol. The van der Waals surface area contributed by atoms with Gasteiger partial charge in [0.1, 0.15) is 10.7 Å². The summed E-state index contributed by atoms with van der Waals surface area (Å²) in [6, 6.07) is 0. The van der Waals surface area contributed by atoms with Gasteiger partial charge >= 0.3 is 0 Å². The summed E-state index contributed by atoms with van der Waals surface area (Å²) in [6.07, 6.45) is 0. The van der Waals surface area contributed by atoms with Crippen LogP contribution in [0, 0.1) is 0 Å². The van der Waals surface area contributed by atoms with Crippen molar-refractivity contribution in [1.82, 2.24) is 9.88 Å². The fraction of sp³-hybridized carbons (Fsp3) is 0.444. The molecule has 0 fully saturated rings. The second-order valence-electron chi connectivity index (χ2n) is 3.27. The van der Waals surface area contributed by atoms with Crippen molar-refractivity contribution in [2.75, 3.05) is 31.2 Å². The van der Waals surface area contributed by atoms with Gasteiger partial charge < -0.3 is 21.7 Å². The zero-order chi connectivity index (χ0) is 13.0. The first-order chi connectivity index (χ1) is 7.99. The van der Waals surface area contributed by atoms with Crippen LogP contribution in [-0.4, -0.2) is 41.8 Å². The van der Waals surface area contributed by atoms with Crippen LogP contribution in [0.3, 0.4) is 0 Å². The van der Waals surface area contributed by atoms with Crippen LogP contribution in [0.2, 0.25) is 0 Å². The Bertz CT molecular complexity index is 431. The number of carbonyl (C=O) groups excluding carboxylic acids is 2. The molecule has 0 spiro atoms. The SMILES string of the molecule is CCN(CC(N)=O)C(=O)c1sc(NC)nc1N. The van der Waals surface area contributed by atoms with Gasteiger partial charge in [0.15, 0.2) is 5.13 Å². The molecule has 1 rings (SSSR count). The molecular weight excluding hydrogens is 242 g/mol. The predicted molar refractivity (Wildman–Crippen MR) is 66.8 cm³/mol. The molecule has 0 unspecified atom stereocenters. The first-order valence-electron chi connectivity index (χ1n) is 5.01. The molecule has 2 amide bonds. The minimum Gasteiger partial charge on any atom is -0.382 e. The zero-order valence-electron chi connectivity index (χ0n) is 9.69. The molecule has 8 heteroatoms. The monoisotopic (exact) mass is 257 g/mol. The molecule has 0 bridgehead atoms. The van der Waals surface area contributed by atoms with Crippen LogP contribution in [-0.2, 0) is 4.79 Å². The molecule has 0 aliphatic carbocycles. The van der Waals surface area contributed by atoms with Crippen molar-refractivity contribution in [2.24, 2.45) is 5.73 Å². The number of hydrogen-bond donors (Lipinski definition) is 3. The summed E-state index contributed by atoms with van der Waals surface area (Å²) >= 11 is 1.15. The number of amides is 2. The fourth-order valence-electron chi connectivity index (χ4n) is 1.25. The summed E-state index contributed by atoms with van der Waals surface area (Å²) in [6.45, 7) is 2.02. The van der Waals surface area contributed by atoms with Crippen molar-refractivity contribution >= 4 is 34.1 Å². The number of rotatable bonds is 5. The highest BCUT2D eigenvalue weighted by Gasteiger charge is 2.22. The molecule has 0 atom stereocenters. The van der Waals surface area contributed by atoms with Gasteiger partial charge in [0.05, 0.1) is 6.54 Å². The maximum atomic E-state index is 12.0. The smallest absolute Gasteiger partial charge is 0.268 e. The fourth-order valence-corrected chi connectivity index (χ4v) is 2.06. The van der Waals surface area contributed by atoms with Gasteiger partial charge in [-0.15, -0.1) is 0 Å². The Morgan fingerprint density at radius 3 is 2.59 bits per heavy atom. The van der Waals surface area contributed by atoms with E-state index in [1.807, 2.05) is 0 Å². The Labute approximate surface area is 103 Å². The van der Waals surface area contributed by atoms with E-state index in [0.717, 1.165) is 11.3 Å². The van der Waals surface area contributed by atoms with Crippen LogP contribution in [0.1, 0.15) is 16.6 Å². The first-order valence-corrected chi connectivity index (χ1v) is 5.82. The molecule has 1 heterocycles. The van der Waals surface area contributed by atoms with Crippen LogP contribution in [0.15, 0.2) is 0 Å². The topological polar surface area (TPSA) is 114 Å². The predicted octanol–water partition coefficient (Wildman–Crippen LogP) is -0.286. The summed E-state index contributed by atoms with van der Waals surface area (Å²) in [5.74, 6) is -0.729. The van der Waals surface area contributed by atoms with Gasteiger partial charge in [-0.3, -0.25) is 9.59 Å². The van der Waals surface area contributed by atoms with E-state index in [2.05, 4.69) is 10.3 Å². The highest BCUT2D eigenvalue weighted by Crippen LogP contribution is 2.25. The lowest BCUT2D eigenvalue weighted by atomic mass is 10.4. The van der Waals surface area contributed by atoms with Crippen molar-refractivity contribution < 1.29 is 9.59 Å². The normalized spacial score (nSPS) is 10.0. The number of likely N-dealkylation sites (N-methyl/N-ethyl adjacent to an activating group) is 1. The van der Waals surface area contributed by atoms with Crippen molar-refractivity contribution in [3.05, 3.63) is 4.88 Å². The summed E-state index contributed by atoms with van der Waals surface area (Å²) in [5, 5.41) is 3.36. The number of nitrogen functional groups attached to an aromatic ring is 1. The summed E-state index contributed by atoms with van der Waals surface area (Å²) in [7, 11) is 1.69. The zero-order valence-corrected chi connectivity index (χ0v) is 10.5. The minimum atomic E-state index is -0.558. The van der Waals surface area contributed by atoms with Gasteiger partial charge in [-0.2, -0.15) is 0 Å². The van der Waals surface area contributed by atoms with Crippen molar-refractivity contribution in [1.29, 1.82) is 0 Å². The molecule has 0 aromatic carbocycles. The Balaban J connectivity index is 2.93. The third-order valence-corrected chi connectivity index (χ3v) is 3.15. The lowest BCUT2D eigenvalue weighted by Gasteiger charge is -2.17. The van der Waals surface area contributed by atoms with Gasteiger partial charge in [-0.1, -0.05) is 11.3 Å². The summed E-state index contributed by atoms with van der Waals surface area (Å²) in [5.41, 5.74) is 10.7. The molecule has 7 nitrogen and oxygen atoms in total. The van der Waals surface area contributed by atoms with Gasteiger partial charge in [-0.25, -0.2) is 4.98 Å². The molecule has 17 heavy (non-hydrogen) atoms. The second-order valence-corrected chi connectivity index (χ2v) is 4.27. The van der Waals surface area contributed by atoms with E-state index in [9.17, 15) is 9.59 Å². The number of aromatic nitrogens is 1. The molecule has 0 aliphatic rings. The Hall–Kier alpha value is -1.83. The van der Waals surface area contributed by atoms with Crippen molar-refractivity contribution in [2.45, 2.75) is 6.92 Å². The molecule has 0 aliphatic heterocycles. The average Bonchev–Trinajstić information content (AvgIpc) is 2.66. The molecule has 94 valence electrons. The van der Waals surface area contributed by atoms with Crippen LogP contribution in [0.25, 0.3) is 0 Å². The number of anilines is 2. The number of carbonyl (C=O) groups is 2. The highest BCUT2D eigenvalue weighted by atomic mass is 32.1. The van der Waals surface area contributed by atoms with E-state index >= 15 is 0 Å². The van der Waals surface area contributed by atoms with E-state index in [4.69, 9.17) is 11.5 Å². The van der Waals surface area contributed by atoms with Crippen LogP contribution in [0.5, 0.6) is 0 Å². The van der Waals surface area contributed by atoms with Gasteiger partial charge in [0, 0.05) is 13.6 Å².